The van der Waals surface area contributed by atoms with E-state index < -0.39 is 6.09 Å². The van der Waals surface area contributed by atoms with Crippen LogP contribution >= 0.6 is 0 Å². The smallest absolute Gasteiger partial charge is 0.417 e. The Morgan fingerprint density at radius 2 is 2.14 bits per heavy atom. The van der Waals surface area contributed by atoms with E-state index in [0.29, 0.717) is 6.42 Å². The van der Waals surface area contributed by atoms with E-state index in [2.05, 4.69) is 6.92 Å². The van der Waals surface area contributed by atoms with Crippen molar-refractivity contribution in [1.29, 1.82) is 0 Å². The standard InChI is InChI=1S/C17H21NO3/c1-2-3-4-8-11-16(19)18-15(13-21-17(18)20)12-14-9-6-5-7-10-14/h5-11,15H,2-4,12-13H2,1H3/b11-8+/t15-/m1/s1. The molecule has 1 aliphatic rings. The van der Waals surface area contributed by atoms with Crippen LogP contribution in [0.15, 0.2) is 42.5 Å². The summed E-state index contributed by atoms with van der Waals surface area (Å²) < 4.78 is 5.03. The monoisotopic (exact) mass is 287 g/mol. The lowest BCUT2D eigenvalue weighted by Gasteiger charge is -2.18. The zero-order valence-electron chi connectivity index (χ0n) is 12.3. The van der Waals surface area contributed by atoms with Crippen molar-refractivity contribution in [3.8, 4) is 0 Å². The van der Waals surface area contributed by atoms with Gasteiger partial charge in [-0.15, -0.1) is 0 Å². The summed E-state index contributed by atoms with van der Waals surface area (Å²) in [5, 5.41) is 0. The van der Waals surface area contributed by atoms with Crippen LogP contribution in [0.1, 0.15) is 31.7 Å². The number of nitrogens with zero attached hydrogens (tertiary/aromatic N) is 1. The van der Waals surface area contributed by atoms with Gasteiger partial charge in [-0.1, -0.05) is 56.2 Å². The van der Waals surface area contributed by atoms with Gasteiger partial charge in [-0.2, -0.15) is 0 Å². The number of carbonyl (C=O) groups excluding carboxylic acids is 2. The Hall–Kier alpha value is -2.10. The van der Waals surface area contributed by atoms with E-state index in [1.807, 2.05) is 36.4 Å². The molecule has 1 aliphatic heterocycles. The molecule has 0 unspecified atom stereocenters. The first-order valence-electron chi connectivity index (χ1n) is 7.42. The molecule has 112 valence electrons. The second-order valence-corrected chi connectivity index (χ2v) is 5.17. The van der Waals surface area contributed by atoms with Crippen molar-refractivity contribution >= 4 is 12.0 Å². The highest BCUT2D eigenvalue weighted by Gasteiger charge is 2.36. The van der Waals surface area contributed by atoms with E-state index in [1.54, 1.807) is 0 Å². The Balaban J connectivity index is 1.99. The maximum Gasteiger partial charge on any atom is 0.417 e. The summed E-state index contributed by atoms with van der Waals surface area (Å²) in [4.78, 5) is 25.1. The van der Waals surface area contributed by atoms with Crippen LogP contribution in [0, 0.1) is 0 Å². The molecule has 2 rings (SSSR count). The predicted octanol–water partition coefficient (Wildman–Crippen LogP) is 3.32. The van der Waals surface area contributed by atoms with Crippen molar-refractivity contribution in [2.45, 2.75) is 38.6 Å². The summed E-state index contributed by atoms with van der Waals surface area (Å²) >= 11 is 0. The van der Waals surface area contributed by atoms with Crippen LogP contribution in [0.2, 0.25) is 0 Å². The summed E-state index contributed by atoms with van der Waals surface area (Å²) in [5.41, 5.74) is 1.09. The lowest BCUT2D eigenvalue weighted by atomic mass is 10.1. The fourth-order valence-electron chi connectivity index (χ4n) is 2.35. The Labute approximate surface area is 125 Å². The molecule has 0 N–H and O–H groups in total. The number of benzene rings is 1. The fraction of sp³-hybridized carbons (Fsp3) is 0.412. The number of hydrogen-bond donors (Lipinski definition) is 0. The minimum Gasteiger partial charge on any atom is -0.447 e. The van der Waals surface area contributed by atoms with E-state index in [1.165, 1.54) is 11.0 Å². The number of hydrogen-bond acceptors (Lipinski definition) is 3. The van der Waals surface area contributed by atoms with Crippen molar-refractivity contribution in [3.63, 3.8) is 0 Å². The third-order valence-electron chi connectivity index (χ3n) is 3.50. The van der Waals surface area contributed by atoms with Gasteiger partial charge >= 0.3 is 6.09 Å². The normalized spacial score (nSPS) is 18.2. The fourth-order valence-corrected chi connectivity index (χ4v) is 2.35. The van der Waals surface area contributed by atoms with Crippen molar-refractivity contribution in [2.75, 3.05) is 6.61 Å². The molecule has 0 aliphatic carbocycles. The molecule has 1 fully saturated rings. The molecule has 0 aromatic heterocycles. The Morgan fingerprint density at radius 1 is 1.38 bits per heavy atom. The molecule has 4 nitrogen and oxygen atoms in total. The van der Waals surface area contributed by atoms with Crippen LogP contribution in [0.3, 0.4) is 0 Å². The highest BCUT2D eigenvalue weighted by molar-refractivity contribution is 5.99. The van der Waals surface area contributed by atoms with Crippen molar-refractivity contribution in [2.24, 2.45) is 0 Å². The number of amides is 2. The molecule has 0 radical (unpaired) electrons. The molecule has 0 spiro atoms. The van der Waals surface area contributed by atoms with Crippen LogP contribution in [0.5, 0.6) is 0 Å². The van der Waals surface area contributed by atoms with Gasteiger partial charge in [0.2, 0.25) is 0 Å². The van der Waals surface area contributed by atoms with Crippen LogP contribution in [-0.4, -0.2) is 29.5 Å². The van der Waals surface area contributed by atoms with Gasteiger partial charge in [0.25, 0.3) is 5.91 Å². The lowest BCUT2D eigenvalue weighted by molar-refractivity contribution is -0.124. The molecule has 0 saturated carbocycles. The Bertz CT molecular complexity index is 510. The molecular weight excluding hydrogens is 266 g/mol. The Kier molecular flexibility index (Phi) is 5.55. The molecule has 4 heteroatoms. The SMILES string of the molecule is CCCC/C=C/C(=O)N1C(=O)OC[C@H]1Cc1ccccc1. The zero-order valence-corrected chi connectivity index (χ0v) is 12.3. The highest BCUT2D eigenvalue weighted by Crippen LogP contribution is 2.18. The average Bonchev–Trinajstić information content (AvgIpc) is 2.85. The second kappa shape index (κ2) is 7.62. The van der Waals surface area contributed by atoms with Gasteiger partial charge in [0, 0.05) is 0 Å². The van der Waals surface area contributed by atoms with Gasteiger partial charge in [-0.05, 0) is 24.5 Å². The van der Waals surface area contributed by atoms with Crippen LogP contribution in [0.25, 0.3) is 0 Å². The third-order valence-corrected chi connectivity index (χ3v) is 3.50. The number of allylic oxidation sites excluding steroid dienone is 1. The second-order valence-electron chi connectivity index (χ2n) is 5.17. The predicted molar refractivity (Wildman–Crippen MR) is 80.8 cm³/mol. The molecule has 1 heterocycles. The minimum atomic E-state index is -0.541. The molecule has 0 bridgehead atoms. The van der Waals surface area contributed by atoms with E-state index in [9.17, 15) is 9.59 Å². The quantitative estimate of drug-likeness (QED) is 0.595. The number of ether oxygens (including phenoxy) is 1. The molecule has 2 amide bonds. The van der Waals surface area contributed by atoms with Crippen molar-refractivity contribution in [1.82, 2.24) is 4.90 Å². The van der Waals surface area contributed by atoms with Crippen molar-refractivity contribution < 1.29 is 14.3 Å². The van der Waals surface area contributed by atoms with E-state index >= 15 is 0 Å². The highest BCUT2D eigenvalue weighted by atomic mass is 16.6. The van der Waals surface area contributed by atoms with Crippen LogP contribution in [0.4, 0.5) is 4.79 Å². The molecule has 1 aromatic carbocycles. The van der Waals surface area contributed by atoms with E-state index in [4.69, 9.17) is 4.74 Å². The van der Waals surface area contributed by atoms with E-state index in [-0.39, 0.29) is 18.6 Å². The summed E-state index contributed by atoms with van der Waals surface area (Å²) in [6.07, 6.45) is 6.39. The Morgan fingerprint density at radius 3 is 2.86 bits per heavy atom. The van der Waals surface area contributed by atoms with Crippen LogP contribution in [-0.2, 0) is 16.0 Å². The first kappa shape index (κ1) is 15.3. The summed E-state index contributed by atoms with van der Waals surface area (Å²) in [7, 11) is 0. The number of rotatable bonds is 6. The number of cyclic esters (lactones) is 1. The molecule has 1 saturated heterocycles. The number of imide groups is 1. The molecule has 1 atom stereocenters. The molecular formula is C17H21NO3. The van der Waals surface area contributed by atoms with E-state index in [0.717, 1.165) is 24.8 Å². The lowest BCUT2D eigenvalue weighted by Crippen LogP contribution is -2.39. The summed E-state index contributed by atoms with van der Waals surface area (Å²) in [6.45, 7) is 2.37. The maximum atomic E-state index is 12.2. The summed E-state index contributed by atoms with van der Waals surface area (Å²) in [5.74, 6) is -0.283. The van der Waals surface area contributed by atoms with Crippen molar-refractivity contribution in [3.05, 3.63) is 48.0 Å². The van der Waals surface area contributed by atoms with Gasteiger partial charge in [-0.25, -0.2) is 9.69 Å². The maximum absolute atomic E-state index is 12.2. The van der Waals surface area contributed by atoms with Gasteiger partial charge in [0.15, 0.2) is 0 Å². The van der Waals surface area contributed by atoms with Crippen LogP contribution < -0.4 is 0 Å². The summed E-state index contributed by atoms with van der Waals surface area (Å²) in [6, 6.07) is 9.60. The number of carbonyl (C=O) groups is 2. The minimum absolute atomic E-state index is 0.219. The third kappa shape index (κ3) is 4.18. The largest absolute Gasteiger partial charge is 0.447 e. The molecule has 1 aromatic rings. The van der Waals surface area contributed by atoms with Gasteiger partial charge in [-0.3, -0.25) is 4.79 Å². The molecule has 21 heavy (non-hydrogen) atoms. The van der Waals surface area contributed by atoms with Gasteiger partial charge < -0.3 is 4.74 Å². The van der Waals surface area contributed by atoms with Gasteiger partial charge in [0.05, 0.1) is 6.04 Å². The first-order chi connectivity index (χ1) is 10.2. The van der Waals surface area contributed by atoms with Gasteiger partial charge in [0.1, 0.15) is 6.61 Å². The first-order valence-corrected chi connectivity index (χ1v) is 7.42. The number of unbranched alkanes of at least 4 members (excludes halogenated alkanes) is 2. The zero-order chi connectivity index (χ0) is 15.1. The average molecular weight is 287 g/mol. The topological polar surface area (TPSA) is 46.6 Å².